The monoisotopic (exact) mass is 374 g/mol. The minimum absolute atomic E-state index is 0.00149. The SMILES string of the molecule is Cc1ccc(N2CCN(/N=C\C=C3/N(C)c4ccccc4C3(C)C)CC2)cc1. The van der Waals surface area contributed by atoms with Crippen molar-refractivity contribution in [2.24, 2.45) is 5.10 Å². The van der Waals surface area contributed by atoms with E-state index >= 15 is 0 Å². The summed E-state index contributed by atoms with van der Waals surface area (Å²) in [5.41, 5.74) is 6.57. The lowest BCUT2D eigenvalue weighted by Crippen LogP contribution is -2.44. The first-order valence-corrected chi connectivity index (χ1v) is 10.1. The van der Waals surface area contributed by atoms with E-state index in [0.29, 0.717) is 0 Å². The fourth-order valence-electron chi connectivity index (χ4n) is 4.33. The van der Waals surface area contributed by atoms with Crippen molar-refractivity contribution in [3.05, 3.63) is 71.4 Å². The Morgan fingerprint density at radius 2 is 1.61 bits per heavy atom. The van der Waals surface area contributed by atoms with E-state index in [2.05, 4.69) is 97.2 Å². The second-order valence-electron chi connectivity index (χ2n) is 8.29. The molecule has 2 aromatic carbocycles. The summed E-state index contributed by atoms with van der Waals surface area (Å²) >= 11 is 0. The summed E-state index contributed by atoms with van der Waals surface area (Å²) in [4.78, 5) is 4.73. The maximum Gasteiger partial charge on any atom is 0.0536 e. The minimum Gasteiger partial charge on any atom is -0.368 e. The number of benzene rings is 2. The van der Waals surface area contributed by atoms with Crippen molar-refractivity contribution in [3.8, 4) is 0 Å². The summed E-state index contributed by atoms with van der Waals surface area (Å²) in [5, 5.41) is 6.91. The Morgan fingerprint density at radius 1 is 0.929 bits per heavy atom. The number of allylic oxidation sites excluding steroid dienone is 2. The molecule has 0 amide bonds. The zero-order valence-corrected chi connectivity index (χ0v) is 17.4. The third-order valence-electron chi connectivity index (χ3n) is 6.06. The van der Waals surface area contributed by atoms with Crippen LogP contribution in [-0.2, 0) is 5.41 Å². The molecule has 28 heavy (non-hydrogen) atoms. The van der Waals surface area contributed by atoms with Crippen molar-refractivity contribution in [2.45, 2.75) is 26.2 Å². The molecule has 0 aromatic heterocycles. The summed E-state index contributed by atoms with van der Waals surface area (Å²) in [7, 11) is 2.15. The number of anilines is 2. The number of likely N-dealkylation sites (N-methyl/N-ethyl adjacent to an activating group) is 1. The average molecular weight is 375 g/mol. The average Bonchev–Trinajstić information content (AvgIpc) is 2.90. The first-order chi connectivity index (χ1) is 13.5. The van der Waals surface area contributed by atoms with Crippen molar-refractivity contribution >= 4 is 17.6 Å². The number of para-hydroxylation sites is 1. The van der Waals surface area contributed by atoms with E-state index in [9.17, 15) is 0 Å². The molecule has 2 aliphatic heterocycles. The van der Waals surface area contributed by atoms with Gasteiger partial charge in [-0.2, -0.15) is 5.10 Å². The molecule has 0 atom stereocenters. The summed E-state index contributed by atoms with van der Waals surface area (Å²) < 4.78 is 0. The van der Waals surface area contributed by atoms with E-state index in [1.807, 2.05) is 6.21 Å². The first kappa shape index (κ1) is 18.6. The third kappa shape index (κ3) is 3.39. The van der Waals surface area contributed by atoms with Gasteiger partial charge >= 0.3 is 0 Å². The third-order valence-corrected chi connectivity index (χ3v) is 6.06. The van der Waals surface area contributed by atoms with Gasteiger partial charge in [-0.1, -0.05) is 49.7 Å². The van der Waals surface area contributed by atoms with Crippen LogP contribution in [-0.4, -0.2) is 44.5 Å². The first-order valence-electron chi connectivity index (χ1n) is 10.1. The number of hydrogen-bond donors (Lipinski definition) is 0. The van der Waals surface area contributed by atoms with Gasteiger partial charge in [0.1, 0.15) is 0 Å². The predicted molar refractivity (Wildman–Crippen MR) is 119 cm³/mol. The fourth-order valence-corrected chi connectivity index (χ4v) is 4.33. The Labute approximate surface area is 168 Å². The standard InChI is InChI=1S/C24H30N4/c1-19-9-11-20(12-10-19)27-15-17-28(18-16-27)25-14-13-23-24(2,3)21-7-5-6-8-22(21)26(23)4/h5-14H,15-18H2,1-4H3/b23-13-,25-14-. The lowest BCUT2D eigenvalue weighted by atomic mass is 9.84. The van der Waals surface area contributed by atoms with Crippen LogP contribution in [0.5, 0.6) is 0 Å². The number of piperazine rings is 1. The van der Waals surface area contributed by atoms with Crippen molar-refractivity contribution in [1.82, 2.24) is 5.01 Å². The Balaban J connectivity index is 1.40. The van der Waals surface area contributed by atoms with Gasteiger partial charge in [0.05, 0.1) is 13.1 Å². The largest absolute Gasteiger partial charge is 0.368 e. The van der Waals surface area contributed by atoms with Gasteiger partial charge in [0.2, 0.25) is 0 Å². The zero-order valence-electron chi connectivity index (χ0n) is 17.4. The van der Waals surface area contributed by atoms with Crippen molar-refractivity contribution in [1.29, 1.82) is 0 Å². The van der Waals surface area contributed by atoms with Crippen LogP contribution >= 0.6 is 0 Å². The van der Waals surface area contributed by atoms with Crippen LogP contribution in [0, 0.1) is 6.92 Å². The van der Waals surface area contributed by atoms with Crippen LogP contribution in [0.4, 0.5) is 11.4 Å². The molecule has 0 bridgehead atoms. The van der Waals surface area contributed by atoms with E-state index in [-0.39, 0.29) is 5.41 Å². The molecule has 0 saturated carbocycles. The molecule has 146 valence electrons. The zero-order chi connectivity index (χ0) is 19.7. The van der Waals surface area contributed by atoms with Crippen LogP contribution in [0.1, 0.15) is 25.0 Å². The van der Waals surface area contributed by atoms with E-state index in [0.717, 1.165) is 26.2 Å². The van der Waals surface area contributed by atoms with E-state index in [1.165, 1.54) is 28.2 Å². The second kappa shape index (κ2) is 7.34. The summed E-state index contributed by atoms with van der Waals surface area (Å²) in [6.45, 7) is 10.6. The molecular formula is C24H30N4. The molecule has 2 aliphatic rings. The van der Waals surface area contributed by atoms with Crippen LogP contribution in [0.3, 0.4) is 0 Å². The molecule has 0 aliphatic carbocycles. The van der Waals surface area contributed by atoms with Gasteiger partial charge in [0.25, 0.3) is 0 Å². The predicted octanol–water partition coefficient (Wildman–Crippen LogP) is 4.41. The molecule has 0 unspecified atom stereocenters. The Hall–Kier alpha value is -2.75. The molecular weight excluding hydrogens is 344 g/mol. The minimum atomic E-state index is 0.00149. The quantitative estimate of drug-likeness (QED) is 0.743. The highest BCUT2D eigenvalue weighted by molar-refractivity contribution is 5.79. The molecule has 1 saturated heterocycles. The maximum absolute atomic E-state index is 4.73. The molecule has 4 nitrogen and oxygen atoms in total. The van der Waals surface area contributed by atoms with Gasteiger partial charge in [-0.15, -0.1) is 0 Å². The van der Waals surface area contributed by atoms with Crippen LogP contribution in [0.15, 0.2) is 65.4 Å². The summed E-state index contributed by atoms with van der Waals surface area (Å²) in [6.07, 6.45) is 4.15. The summed E-state index contributed by atoms with van der Waals surface area (Å²) in [6, 6.07) is 17.5. The number of nitrogens with zero attached hydrogens (tertiary/aromatic N) is 4. The summed E-state index contributed by atoms with van der Waals surface area (Å²) in [5.74, 6) is 0. The van der Waals surface area contributed by atoms with Crippen LogP contribution < -0.4 is 9.80 Å². The number of rotatable bonds is 3. The highest BCUT2D eigenvalue weighted by atomic mass is 15.5. The molecule has 0 spiro atoms. The van der Waals surface area contributed by atoms with Gasteiger partial charge < -0.3 is 9.80 Å². The van der Waals surface area contributed by atoms with Crippen LogP contribution in [0.25, 0.3) is 0 Å². The Morgan fingerprint density at radius 3 is 2.29 bits per heavy atom. The van der Waals surface area contributed by atoms with Crippen molar-refractivity contribution < 1.29 is 0 Å². The molecule has 2 heterocycles. The number of fused-ring (bicyclic) bond motifs is 1. The highest BCUT2D eigenvalue weighted by Crippen LogP contribution is 2.46. The second-order valence-corrected chi connectivity index (χ2v) is 8.29. The van der Waals surface area contributed by atoms with Crippen molar-refractivity contribution in [3.63, 3.8) is 0 Å². The van der Waals surface area contributed by atoms with Gasteiger partial charge in [0, 0.05) is 48.8 Å². The number of hydrazone groups is 1. The smallest absolute Gasteiger partial charge is 0.0536 e. The van der Waals surface area contributed by atoms with Gasteiger partial charge in [-0.25, -0.2) is 0 Å². The number of aryl methyl sites for hydroxylation is 1. The maximum atomic E-state index is 4.73. The molecule has 0 N–H and O–H groups in total. The highest BCUT2D eigenvalue weighted by Gasteiger charge is 2.37. The lowest BCUT2D eigenvalue weighted by molar-refractivity contribution is 0.272. The van der Waals surface area contributed by atoms with Crippen LogP contribution in [0.2, 0.25) is 0 Å². The van der Waals surface area contributed by atoms with E-state index in [4.69, 9.17) is 5.10 Å². The normalized spacial score (nSPS) is 20.3. The Bertz CT molecular complexity index is 887. The van der Waals surface area contributed by atoms with E-state index in [1.54, 1.807) is 0 Å². The van der Waals surface area contributed by atoms with Gasteiger partial charge in [-0.3, -0.25) is 5.01 Å². The molecule has 2 aromatic rings. The molecule has 1 fully saturated rings. The molecule has 4 rings (SSSR count). The molecule has 4 heteroatoms. The van der Waals surface area contributed by atoms with Gasteiger partial charge in [-0.05, 0) is 36.8 Å². The number of hydrogen-bond acceptors (Lipinski definition) is 4. The van der Waals surface area contributed by atoms with Gasteiger partial charge in [0.15, 0.2) is 0 Å². The van der Waals surface area contributed by atoms with E-state index < -0.39 is 0 Å². The van der Waals surface area contributed by atoms with Crippen molar-refractivity contribution in [2.75, 3.05) is 43.0 Å². The topological polar surface area (TPSA) is 22.1 Å². The lowest BCUT2D eigenvalue weighted by Gasteiger charge is -2.34. The fraction of sp³-hybridized carbons (Fsp3) is 0.375. The molecule has 0 radical (unpaired) electrons. The Kier molecular flexibility index (Phi) is 4.88.